The van der Waals surface area contributed by atoms with Crippen molar-refractivity contribution in [3.8, 4) is 11.3 Å². The molecule has 0 bridgehead atoms. The second kappa shape index (κ2) is 7.66. The molecule has 6 heteroatoms. The quantitative estimate of drug-likeness (QED) is 0.669. The summed E-state index contributed by atoms with van der Waals surface area (Å²) in [5.41, 5.74) is 4.43. The Hall–Kier alpha value is -2.08. The van der Waals surface area contributed by atoms with Crippen LogP contribution in [0.5, 0.6) is 0 Å². The van der Waals surface area contributed by atoms with Crippen molar-refractivity contribution in [2.45, 2.75) is 6.92 Å². The first-order valence-corrected chi connectivity index (χ1v) is 9.87. The monoisotopic (exact) mass is 385 g/mol. The van der Waals surface area contributed by atoms with Gasteiger partial charge in [-0.2, -0.15) is 0 Å². The lowest BCUT2D eigenvalue weighted by Crippen LogP contribution is -2.48. The third-order valence-corrected chi connectivity index (χ3v) is 5.39. The summed E-state index contributed by atoms with van der Waals surface area (Å²) >= 11 is 7.72. The van der Waals surface area contributed by atoms with Crippen LogP contribution < -0.4 is 9.81 Å². The Morgan fingerprint density at radius 3 is 2.58 bits per heavy atom. The van der Waals surface area contributed by atoms with Gasteiger partial charge in [-0.15, -0.1) is 11.3 Å². The molecule has 0 saturated carbocycles. The summed E-state index contributed by atoms with van der Waals surface area (Å²) in [5.74, 6) is 0. The van der Waals surface area contributed by atoms with E-state index in [0.29, 0.717) is 0 Å². The van der Waals surface area contributed by atoms with E-state index in [1.165, 1.54) is 5.56 Å². The number of thiazole rings is 1. The van der Waals surface area contributed by atoms with Gasteiger partial charge in [0.25, 0.3) is 0 Å². The van der Waals surface area contributed by atoms with Gasteiger partial charge in [-0.25, -0.2) is 9.67 Å². The summed E-state index contributed by atoms with van der Waals surface area (Å²) in [5, 5.41) is 5.21. The van der Waals surface area contributed by atoms with Crippen LogP contribution in [0.2, 0.25) is 5.02 Å². The fourth-order valence-electron chi connectivity index (χ4n) is 3.03. The Labute approximate surface area is 161 Å². The number of hydrogen-bond donors (Lipinski definition) is 0. The molecule has 26 heavy (non-hydrogen) atoms. The van der Waals surface area contributed by atoms with Crippen LogP contribution in [0.3, 0.4) is 0 Å². The van der Waals surface area contributed by atoms with Crippen molar-refractivity contribution in [3.05, 3.63) is 69.3 Å². The van der Waals surface area contributed by atoms with Crippen molar-refractivity contribution in [1.29, 1.82) is 0 Å². The van der Waals surface area contributed by atoms with Crippen LogP contribution in [-0.2, 0) is 4.74 Å². The minimum absolute atomic E-state index is 0.729. The molecule has 2 heterocycles. The zero-order valence-corrected chi connectivity index (χ0v) is 16.1. The molecule has 4 rings (SSSR count). The zero-order chi connectivity index (χ0) is 17.9. The van der Waals surface area contributed by atoms with E-state index >= 15 is 0 Å². The van der Waals surface area contributed by atoms with E-state index in [1.807, 2.05) is 24.3 Å². The first-order valence-electron chi connectivity index (χ1n) is 8.61. The van der Waals surface area contributed by atoms with Crippen molar-refractivity contribution in [2.75, 3.05) is 31.3 Å². The molecule has 0 unspecified atom stereocenters. The molecule has 1 saturated heterocycles. The highest BCUT2D eigenvalue weighted by Crippen LogP contribution is 2.23. The van der Waals surface area contributed by atoms with Gasteiger partial charge in [0.1, 0.15) is 0 Å². The average Bonchev–Trinajstić information content (AvgIpc) is 3.06. The Morgan fingerprint density at radius 2 is 1.85 bits per heavy atom. The predicted octanol–water partition coefficient (Wildman–Crippen LogP) is 4.38. The highest BCUT2D eigenvalue weighted by Gasteiger charge is 2.17. The molecule has 3 aromatic rings. The van der Waals surface area contributed by atoms with Crippen LogP contribution in [0.4, 0.5) is 5.69 Å². The number of halogens is 1. The average molecular weight is 386 g/mol. The van der Waals surface area contributed by atoms with Crippen LogP contribution in [-0.4, -0.2) is 31.0 Å². The van der Waals surface area contributed by atoms with E-state index < -0.39 is 0 Å². The summed E-state index contributed by atoms with van der Waals surface area (Å²) in [4.78, 5) is 5.87. The molecule has 0 spiro atoms. The zero-order valence-electron chi connectivity index (χ0n) is 14.6. The molecule has 0 atom stereocenters. The van der Waals surface area contributed by atoms with Crippen molar-refractivity contribution < 1.29 is 4.74 Å². The van der Waals surface area contributed by atoms with Crippen LogP contribution in [0.25, 0.3) is 11.3 Å². The van der Waals surface area contributed by atoms with Crippen LogP contribution in [0.15, 0.2) is 58.9 Å². The summed E-state index contributed by atoms with van der Waals surface area (Å²) in [6.45, 7) is 5.23. The molecule has 134 valence electrons. The number of aryl methyl sites for hydroxylation is 1. The topological polar surface area (TPSA) is 29.8 Å². The maximum atomic E-state index is 6.07. The third kappa shape index (κ3) is 3.70. The summed E-state index contributed by atoms with van der Waals surface area (Å²) < 4.78 is 7.75. The van der Waals surface area contributed by atoms with Gasteiger partial charge in [0, 0.05) is 16.0 Å². The summed E-state index contributed by atoms with van der Waals surface area (Å²) in [7, 11) is 0. The Bertz CT molecular complexity index is 956. The summed E-state index contributed by atoms with van der Waals surface area (Å²) in [6.07, 6.45) is 0. The molecule has 1 fully saturated rings. The number of morpholine rings is 1. The lowest BCUT2D eigenvalue weighted by atomic mass is 10.2. The highest BCUT2D eigenvalue weighted by atomic mass is 35.5. The molecule has 1 aliphatic heterocycles. The van der Waals surface area contributed by atoms with E-state index in [1.54, 1.807) is 11.3 Å². The molecule has 0 radical (unpaired) electrons. The van der Waals surface area contributed by atoms with Gasteiger partial charge in [0.05, 0.1) is 37.7 Å². The van der Waals surface area contributed by atoms with Crippen molar-refractivity contribution >= 4 is 28.6 Å². The number of nitrogens with zero attached hydrogens (tertiary/aromatic N) is 3. The van der Waals surface area contributed by atoms with Crippen molar-refractivity contribution in [3.63, 3.8) is 0 Å². The number of rotatable bonds is 3. The van der Waals surface area contributed by atoms with E-state index in [-0.39, 0.29) is 0 Å². The third-order valence-electron chi connectivity index (χ3n) is 4.32. The second-order valence-corrected chi connectivity index (χ2v) is 7.51. The Morgan fingerprint density at radius 1 is 1.08 bits per heavy atom. The van der Waals surface area contributed by atoms with Crippen LogP contribution in [0, 0.1) is 6.92 Å². The minimum Gasteiger partial charge on any atom is -0.378 e. The SMILES string of the molecule is Cc1cccc(N=c2scc(-c3ccc(Cl)cc3)n2N2CCOCC2)c1. The molecule has 4 nitrogen and oxygen atoms in total. The lowest BCUT2D eigenvalue weighted by Gasteiger charge is -2.31. The van der Waals surface area contributed by atoms with Gasteiger partial charge >= 0.3 is 0 Å². The van der Waals surface area contributed by atoms with Crippen molar-refractivity contribution in [1.82, 2.24) is 4.68 Å². The normalized spacial score (nSPS) is 15.5. The van der Waals surface area contributed by atoms with Gasteiger partial charge in [0.15, 0.2) is 0 Å². The maximum absolute atomic E-state index is 6.07. The van der Waals surface area contributed by atoms with Gasteiger partial charge in [0.2, 0.25) is 4.80 Å². The molecule has 1 aliphatic rings. The minimum atomic E-state index is 0.729. The molecule has 0 aliphatic carbocycles. The number of ether oxygens (including phenoxy) is 1. The first kappa shape index (κ1) is 17.3. The van der Waals surface area contributed by atoms with Crippen LogP contribution >= 0.6 is 22.9 Å². The van der Waals surface area contributed by atoms with Gasteiger partial charge < -0.3 is 9.75 Å². The first-order chi connectivity index (χ1) is 12.7. The lowest BCUT2D eigenvalue weighted by molar-refractivity contribution is 0.111. The number of hydrogen-bond acceptors (Lipinski definition) is 4. The van der Waals surface area contributed by atoms with Gasteiger partial charge in [-0.3, -0.25) is 0 Å². The smallest absolute Gasteiger partial charge is 0.209 e. The van der Waals surface area contributed by atoms with Crippen molar-refractivity contribution in [2.24, 2.45) is 4.99 Å². The second-order valence-electron chi connectivity index (χ2n) is 6.24. The number of aromatic nitrogens is 1. The standard InChI is InChI=1S/C20H20ClN3OS/c1-15-3-2-4-18(13-15)22-20-24(23-9-11-25-12-10-23)19(14-26-20)16-5-7-17(21)8-6-16/h2-8,13-14H,9-12H2,1H3. The molecule has 0 amide bonds. The largest absolute Gasteiger partial charge is 0.378 e. The van der Waals surface area contributed by atoms with Crippen LogP contribution in [0.1, 0.15) is 5.56 Å². The highest BCUT2D eigenvalue weighted by molar-refractivity contribution is 7.07. The Balaban J connectivity index is 1.85. The number of benzene rings is 2. The Kier molecular flexibility index (Phi) is 5.11. The molecule has 0 N–H and O–H groups in total. The molecule has 1 aromatic heterocycles. The fraction of sp³-hybridized carbons (Fsp3) is 0.250. The van der Waals surface area contributed by atoms with E-state index in [9.17, 15) is 0 Å². The van der Waals surface area contributed by atoms with E-state index in [4.69, 9.17) is 21.3 Å². The van der Waals surface area contributed by atoms with E-state index in [2.05, 4.69) is 46.3 Å². The molecular weight excluding hydrogens is 366 g/mol. The van der Waals surface area contributed by atoms with E-state index in [0.717, 1.165) is 53.1 Å². The van der Waals surface area contributed by atoms with Gasteiger partial charge in [-0.1, -0.05) is 35.9 Å². The molecular formula is C20H20ClN3OS. The predicted molar refractivity (Wildman–Crippen MR) is 108 cm³/mol. The van der Waals surface area contributed by atoms with Gasteiger partial charge in [-0.05, 0) is 36.8 Å². The summed E-state index contributed by atoms with van der Waals surface area (Å²) in [6, 6.07) is 16.2. The molecule has 2 aromatic carbocycles. The fourth-order valence-corrected chi connectivity index (χ4v) is 4.08. The maximum Gasteiger partial charge on any atom is 0.209 e.